The molecule has 2 N–H and O–H groups in total. The third-order valence-electron chi connectivity index (χ3n) is 3.19. The van der Waals surface area contributed by atoms with Crippen molar-refractivity contribution in [3.63, 3.8) is 0 Å². The van der Waals surface area contributed by atoms with Crippen LogP contribution in [0.5, 0.6) is 11.8 Å². The van der Waals surface area contributed by atoms with Gasteiger partial charge in [0.1, 0.15) is 11.6 Å². The Bertz CT molecular complexity index is 487. The molecule has 0 fully saturated rings. The molecule has 0 spiro atoms. The molecule has 84 valence electrons. The Balaban J connectivity index is 2.63. The fraction of sp³-hybridized carbons (Fsp3) is 0.500. The summed E-state index contributed by atoms with van der Waals surface area (Å²) in [7, 11) is 0. The summed E-state index contributed by atoms with van der Waals surface area (Å²) in [5.41, 5.74) is 1.79. The van der Waals surface area contributed by atoms with Gasteiger partial charge in [0, 0.05) is 5.56 Å². The van der Waals surface area contributed by atoms with Crippen LogP contribution in [0.15, 0.2) is 0 Å². The standard InChI is InChI=1S/C12H14N2O2/c1-12(2)4-3-7-8(5-12)10(15)14-11(16)9(7)6-13/h3-5H2,1-2H3,(H2,14,15,16). The largest absolute Gasteiger partial charge is 0.493 e. The van der Waals surface area contributed by atoms with Crippen molar-refractivity contribution >= 4 is 0 Å². The lowest BCUT2D eigenvalue weighted by Crippen LogP contribution is -2.23. The van der Waals surface area contributed by atoms with E-state index in [-0.39, 0.29) is 22.7 Å². The van der Waals surface area contributed by atoms with Gasteiger partial charge in [0.2, 0.25) is 11.8 Å². The van der Waals surface area contributed by atoms with Gasteiger partial charge in [0.05, 0.1) is 0 Å². The van der Waals surface area contributed by atoms with Crippen LogP contribution in [0.4, 0.5) is 0 Å². The van der Waals surface area contributed by atoms with Crippen LogP contribution in [-0.2, 0) is 12.8 Å². The average molecular weight is 218 g/mol. The lowest BCUT2D eigenvalue weighted by molar-refractivity contribution is 0.302. The van der Waals surface area contributed by atoms with Crippen molar-refractivity contribution in [3.8, 4) is 17.8 Å². The summed E-state index contributed by atoms with van der Waals surface area (Å²) in [5, 5.41) is 28.2. The number of aromatic hydroxyl groups is 2. The summed E-state index contributed by atoms with van der Waals surface area (Å²) in [6.45, 7) is 4.24. The predicted octanol–water partition coefficient (Wildman–Crippen LogP) is 1.88. The molecule has 0 atom stereocenters. The topological polar surface area (TPSA) is 77.1 Å². The minimum absolute atomic E-state index is 0.107. The summed E-state index contributed by atoms with van der Waals surface area (Å²) >= 11 is 0. The molecular formula is C12H14N2O2. The number of fused-ring (bicyclic) bond motifs is 1. The lowest BCUT2D eigenvalue weighted by Gasteiger charge is -2.31. The summed E-state index contributed by atoms with van der Waals surface area (Å²) in [6, 6.07) is 1.95. The maximum atomic E-state index is 9.71. The van der Waals surface area contributed by atoms with E-state index in [9.17, 15) is 10.2 Å². The fourth-order valence-electron chi connectivity index (χ4n) is 2.25. The molecule has 0 unspecified atom stereocenters. The van der Waals surface area contributed by atoms with Gasteiger partial charge in [0.15, 0.2) is 0 Å². The Labute approximate surface area is 94.2 Å². The van der Waals surface area contributed by atoms with Crippen LogP contribution >= 0.6 is 0 Å². The SMILES string of the molecule is CC1(C)CCc2c(C#N)c(O)nc(O)c2C1. The second-order valence-electron chi connectivity index (χ2n) is 5.04. The van der Waals surface area contributed by atoms with Crippen LogP contribution in [0.2, 0.25) is 0 Å². The molecule has 0 radical (unpaired) electrons. The number of rotatable bonds is 0. The number of hydrogen-bond donors (Lipinski definition) is 2. The van der Waals surface area contributed by atoms with Gasteiger partial charge in [-0.3, -0.25) is 0 Å². The first-order chi connectivity index (χ1) is 7.44. The van der Waals surface area contributed by atoms with E-state index >= 15 is 0 Å². The highest BCUT2D eigenvalue weighted by Crippen LogP contribution is 2.40. The molecule has 4 heteroatoms. The molecule has 16 heavy (non-hydrogen) atoms. The summed E-state index contributed by atoms with van der Waals surface area (Å²) in [4.78, 5) is 3.61. The maximum absolute atomic E-state index is 9.71. The smallest absolute Gasteiger partial charge is 0.232 e. The van der Waals surface area contributed by atoms with Crippen LogP contribution in [-0.4, -0.2) is 15.2 Å². The van der Waals surface area contributed by atoms with E-state index in [1.807, 2.05) is 6.07 Å². The molecule has 1 aromatic heterocycles. The zero-order valence-corrected chi connectivity index (χ0v) is 9.41. The Kier molecular flexibility index (Phi) is 2.27. The molecule has 0 saturated heterocycles. The molecule has 0 amide bonds. The molecule has 1 aliphatic carbocycles. The van der Waals surface area contributed by atoms with Crippen molar-refractivity contribution in [2.75, 3.05) is 0 Å². The molecule has 1 aromatic rings. The van der Waals surface area contributed by atoms with E-state index < -0.39 is 0 Å². The molecule has 0 aromatic carbocycles. The molecule has 2 rings (SSSR count). The van der Waals surface area contributed by atoms with Gasteiger partial charge in [-0.05, 0) is 30.2 Å². The third-order valence-corrected chi connectivity index (χ3v) is 3.19. The molecule has 0 aliphatic heterocycles. The first kappa shape index (κ1) is 10.7. The second kappa shape index (κ2) is 3.38. The average Bonchev–Trinajstić information content (AvgIpc) is 2.19. The highest BCUT2D eigenvalue weighted by atomic mass is 16.3. The van der Waals surface area contributed by atoms with Crippen LogP contribution in [0.3, 0.4) is 0 Å². The van der Waals surface area contributed by atoms with Gasteiger partial charge in [-0.1, -0.05) is 13.8 Å². The highest BCUT2D eigenvalue weighted by molar-refractivity contribution is 5.53. The van der Waals surface area contributed by atoms with E-state index in [0.717, 1.165) is 12.0 Å². The number of nitriles is 1. The Hall–Kier alpha value is -1.76. The quantitative estimate of drug-likeness (QED) is 0.697. The fourth-order valence-corrected chi connectivity index (χ4v) is 2.25. The predicted molar refractivity (Wildman–Crippen MR) is 58.1 cm³/mol. The number of pyridine rings is 1. The van der Waals surface area contributed by atoms with Crippen LogP contribution in [0.25, 0.3) is 0 Å². The Morgan fingerprint density at radius 1 is 1.25 bits per heavy atom. The maximum Gasteiger partial charge on any atom is 0.232 e. The second-order valence-corrected chi connectivity index (χ2v) is 5.04. The van der Waals surface area contributed by atoms with E-state index in [4.69, 9.17) is 5.26 Å². The van der Waals surface area contributed by atoms with Crippen molar-refractivity contribution < 1.29 is 10.2 Å². The minimum atomic E-state index is -0.363. The molecular weight excluding hydrogens is 204 g/mol. The van der Waals surface area contributed by atoms with Crippen molar-refractivity contribution in [3.05, 3.63) is 16.7 Å². The van der Waals surface area contributed by atoms with Crippen molar-refractivity contribution in [1.82, 2.24) is 4.98 Å². The third kappa shape index (κ3) is 1.58. The summed E-state index contributed by atoms with van der Waals surface area (Å²) < 4.78 is 0. The van der Waals surface area contributed by atoms with Gasteiger partial charge in [-0.2, -0.15) is 10.2 Å². The van der Waals surface area contributed by atoms with Crippen molar-refractivity contribution in [2.45, 2.75) is 33.1 Å². The molecule has 0 bridgehead atoms. The van der Waals surface area contributed by atoms with E-state index in [1.54, 1.807) is 0 Å². The van der Waals surface area contributed by atoms with E-state index in [2.05, 4.69) is 18.8 Å². The first-order valence-electron chi connectivity index (χ1n) is 5.28. The van der Waals surface area contributed by atoms with Crippen LogP contribution < -0.4 is 0 Å². The minimum Gasteiger partial charge on any atom is -0.493 e. The highest BCUT2D eigenvalue weighted by Gasteiger charge is 2.30. The zero-order valence-electron chi connectivity index (χ0n) is 9.41. The van der Waals surface area contributed by atoms with Crippen molar-refractivity contribution in [1.29, 1.82) is 5.26 Å². The lowest BCUT2D eigenvalue weighted by atomic mass is 9.74. The number of hydrogen-bond acceptors (Lipinski definition) is 4. The molecule has 1 aliphatic rings. The first-order valence-corrected chi connectivity index (χ1v) is 5.28. The Morgan fingerprint density at radius 3 is 2.56 bits per heavy atom. The van der Waals surface area contributed by atoms with Gasteiger partial charge in [-0.25, -0.2) is 0 Å². The number of nitrogens with zero attached hydrogens (tertiary/aromatic N) is 2. The summed E-state index contributed by atoms with van der Waals surface area (Å²) in [5.74, 6) is -0.502. The van der Waals surface area contributed by atoms with Crippen molar-refractivity contribution in [2.24, 2.45) is 5.41 Å². The van der Waals surface area contributed by atoms with Crippen LogP contribution in [0, 0.1) is 16.7 Å². The zero-order chi connectivity index (χ0) is 11.9. The summed E-state index contributed by atoms with van der Waals surface area (Å²) in [6.07, 6.45) is 2.34. The molecule has 0 saturated carbocycles. The van der Waals surface area contributed by atoms with E-state index in [1.165, 1.54) is 0 Å². The number of aromatic nitrogens is 1. The molecule has 4 nitrogen and oxygen atoms in total. The normalized spacial score (nSPS) is 17.6. The van der Waals surface area contributed by atoms with E-state index in [0.29, 0.717) is 18.4 Å². The Morgan fingerprint density at radius 2 is 1.94 bits per heavy atom. The monoisotopic (exact) mass is 218 g/mol. The van der Waals surface area contributed by atoms with Gasteiger partial charge in [0.25, 0.3) is 0 Å². The van der Waals surface area contributed by atoms with Gasteiger partial charge >= 0.3 is 0 Å². The van der Waals surface area contributed by atoms with Crippen LogP contribution in [0.1, 0.15) is 37.0 Å². The van der Waals surface area contributed by atoms with Gasteiger partial charge < -0.3 is 10.2 Å². The molecule has 1 heterocycles. The van der Waals surface area contributed by atoms with Gasteiger partial charge in [-0.15, -0.1) is 0 Å².